The van der Waals surface area contributed by atoms with Crippen LogP contribution in [-0.4, -0.2) is 36.5 Å². The molecule has 1 aromatic carbocycles. The Bertz CT molecular complexity index is 501. The van der Waals surface area contributed by atoms with Gasteiger partial charge in [0.2, 0.25) is 0 Å². The second-order valence-electron chi connectivity index (χ2n) is 6.03. The average Bonchev–Trinajstić information content (AvgIpc) is 2.93. The zero-order valence-corrected chi connectivity index (χ0v) is 13.3. The first-order chi connectivity index (χ1) is 9.97. The molecule has 1 atom stereocenters. The lowest BCUT2D eigenvalue weighted by atomic mass is 10.1. The van der Waals surface area contributed by atoms with Crippen molar-refractivity contribution < 1.29 is 9.18 Å². The highest BCUT2D eigenvalue weighted by Gasteiger charge is 2.23. The van der Waals surface area contributed by atoms with E-state index in [0.717, 1.165) is 19.4 Å². The summed E-state index contributed by atoms with van der Waals surface area (Å²) in [5.41, 5.74) is 0.444. The molecular formula is C16H22ClFN2O. The maximum absolute atomic E-state index is 13.2. The van der Waals surface area contributed by atoms with Crippen molar-refractivity contribution in [3.05, 3.63) is 34.6 Å². The van der Waals surface area contributed by atoms with Crippen LogP contribution in [0.2, 0.25) is 5.02 Å². The predicted molar refractivity (Wildman–Crippen MR) is 83.2 cm³/mol. The van der Waals surface area contributed by atoms with Crippen LogP contribution in [0.1, 0.15) is 37.0 Å². The van der Waals surface area contributed by atoms with Gasteiger partial charge in [-0.1, -0.05) is 25.4 Å². The van der Waals surface area contributed by atoms with E-state index in [1.165, 1.54) is 18.2 Å². The number of nitrogens with zero attached hydrogens (tertiary/aromatic N) is 1. The first kappa shape index (κ1) is 16.2. The highest BCUT2D eigenvalue weighted by atomic mass is 35.5. The van der Waals surface area contributed by atoms with Gasteiger partial charge in [-0.2, -0.15) is 0 Å². The molecule has 0 aliphatic carbocycles. The van der Waals surface area contributed by atoms with Crippen LogP contribution in [0, 0.1) is 11.7 Å². The third-order valence-corrected chi connectivity index (χ3v) is 3.93. The molecule has 1 aromatic rings. The molecule has 21 heavy (non-hydrogen) atoms. The highest BCUT2D eigenvalue weighted by molar-refractivity contribution is 6.31. The molecule has 5 heteroatoms. The molecule has 2 rings (SSSR count). The summed E-state index contributed by atoms with van der Waals surface area (Å²) in [5, 5.41) is 3.40. The van der Waals surface area contributed by atoms with Crippen molar-refractivity contribution in [1.82, 2.24) is 10.2 Å². The summed E-state index contributed by atoms with van der Waals surface area (Å²) in [6.07, 6.45) is 2.24. The Morgan fingerprint density at radius 3 is 2.86 bits per heavy atom. The zero-order chi connectivity index (χ0) is 15.4. The third kappa shape index (κ3) is 4.42. The monoisotopic (exact) mass is 312 g/mol. The largest absolute Gasteiger partial charge is 0.337 e. The Balaban J connectivity index is 2.13. The van der Waals surface area contributed by atoms with Gasteiger partial charge < -0.3 is 10.2 Å². The summed E-state index contributed by atoms with van der Waals surface area (Å²) < 4.78 is 13.2. The number of hydrogen-bond acceptors (Lipinski definition) is 2. The van der Waals surface area contributed by atoms with Crippen molar-refractivity contribution in [1.29, 1.82) is 0 Å². The van der Waals surface area contributed by atoms with Crippen molar-refractivity contribution in [2.24, 2.45) is 5.92 Å². The summed E-state index contributed by atoms with van der Waals surface area (Å²) >= 11 is 5.78. The topological polar surface area (TPSA) is 32.3 Å². The molecular weight excluding hydrogens is 291 g/mol. The van der Waals surface area contributed by atoms with Crippen LogP contribution < -0.4 is 5.32 Å². The van der Waals surface area contributed by atoms with Crippen molar-refractivity contribution in [3.63, 3.8) is 0 Å². The van der Waals surface area contributed by atoms with Gasteiger partial charge in [-0.05, 0) is 43.5 Å². The van der Waals surface area contributed by atoms with Crippen LogP contribution in [0.5, 0.6) is 0 Å². The molecule has 116 valence electrons. The van der Waals surface area contributed by atoms with Crippen LogP contribution in [-0.2, 0) is 0 Å². The average molecular weight is 313 g/mol. The molecule has 1 aliphatic rings. The summed E-state index contributed by atoms with van der Waals surface area (Å²) in [6.45, 7) is 6.55. The first-order valence-corrected chi connectivity index (χ1v) is 7.83. The second-order valence-corrected chi connectivity index (χ2v) is 6.43. The Morgan fingerprint density at radius 2 is 2.29 bits per heavy atom. The standard InChI is InChI=1S/C16H22ClFN2O/c1-11(2)9-20(10-13-4-3-7-19-13)16(21)12-5-6-15(18)14(17)8-12/h5-6,8,11,13,19H,3-4,7,9-10H2,1-2H3. The maximum Gasteiger partial charge on any atom is 0.253 e. The molecule has 1 saturated heterocycles. The van der Waals surface area contributed by atoms with Crippen LogP contribution in [0.15, 0.2) is 18.2 Å². The van der Waals surface area contributed by atoms with E-state index >= 15 is 0 Å². The fourth-order valence-electron chi connectivity index (χ4n) is 2.67. The lowest BCUT2D eigenvalue weighted by molar-refractivity contribution is 0.0721. The summed E-state index contributed by atoms with van der Waals surface area (Å²) in [4.78, 5) is 14.5. The molecule has 0 saturated carbocycles. The Morgan fingerprint density at radius 1 is 1.52 bits per heavy atom. The molecule has 1 aliphatic heterocycles. The summed E-state index contributed by atoms with van der Waals surface area (Å²) in [6, 6.07) is 4.51. The fraction of sp³-hybridized carbons (Fsp3) is 0.562. The molecule has 1 heterocycles. The predicted octanol–water partition coefficient (Wildman–Crippen LogP) is 3.33. The van der Waals surface area contributed by atoms with Gasteiger partial charge in [0.1, 0.15) is 5.82 Å². The van der Waals surface area contributed by atoms with Gasteiger partial charge in [0.05, 0.1) is 5.02 Å². The molecule has 1 unspecified atom stereocenters. The molecule has 1 fully saturated rings. The zero-order valence-electron chi connectivity index (χ0n) is 12.5. The lowest BCUT2D eigenvalue weighted by Crippen LogP contribution is -2.42. The van der Waals surface area contributed by atoms with Gasteiger partial charge >= 0.3 is 0 Å². The van der Waals surface area contributed by atoms with Gasteiger partial charge in [0, 0.05) is 24.7 Å². The van der Waals surface area contributed by atoms with E-state index in [1.807, 2.05) is 4.90 Å². The molecule has 0 aromatic heterocycles. The first-order valence-electron chi connectivity index (χ1n) is 7.45. The Hall–Kier alpha value is -1.13. The molecule has 0 radical (unpaired) electrons. The van der Waals surface area contributed by atoms with Crippen molar-refractivity contribution >= 4 is 17.5 Å². The summed E-state index contributed by atoms with van der Waals surface area (Å²) in [5.74, 6) is -0.202. The molecule has 0 bridgehead atoms. The number of carbonyl (C=O) groups is 1. The van der Waals surface area contributed by atoms with Crippen LogP contribution in [0.25, 0.3) is 0 Å². The van der Waals surface area contributed by atoms with Crippen LogP contribution >= 0.6 is 11.6 Å². The number of amides is 1. The highest BCUT2D eigenvalue weighted by Crippen LogP contribution is 2.18. The quantitative estimate of drug-likeness (QED) is 0.904. The van der Waals surface area contributed by atoms with Gasteiger partial charge in [-0.3, -0.25) is 4.79 Å². The van der Waals surface area contributed by atoms with E-state index in [0.29, 0.717) is 30.6 Å². The van der Waals surface area contributed by atoms with E-state index in [1.54, 1.807) is 0 Å². The van der Waals surface area contributed by atoms with E-state index in [9.17, 15) is 9.18 Å². The minimum Gasteiger partial charge on any atom is -0.337 e. The third-order valence-electron chi connectivity index (χ3n) is 3.64. The smallest absolute Gasteiger partial charge is 0.253 e. The second kappa shape index (κ2) is 7.23. The molecule has 0 spiro atoms. The van der Waals surface area contributed by atoms with Gasteiger partial charge in [0.25, 0.3) is 5.91 Å². The Labute approximate surface area is 130 Å². The number of benzene rings is 1. The van der Waals surface area contributed by atoms with E-state index < -0.39 is 5.82 Å². The van der Waals surface area contributed by atoms with Gasteiger partial charge in [-0.15, -0.1) is 0 Å². The minimum atomic E-state index is -0.499. The SMILES string of the molecule is CC(C)CN(CC1CCCN1)C(=O)c1ccc(F)c(Cl)c1. The lowest BCUT2D eigenvalue weighted by Gasteiger charge is -2.27. The van der Waals surface area contributed by atoms with Crippen LogP contribution in [0.4, 0.5) is 4.39 Å². The number of carbonyl (C=O) groups excluding carboxylic acids is 1. The normalized spacial score (nSPS) is 18.2. The summed E-state index contributed by atoms with van der Waals surface area (Å²) in [7, 11) is 0. The number of halogens is 2. The van der Waals surface area contributed by atoms with Crippen molar-refractivity contribution in [2.45, 2.75) is 32.7 Å². The van der Waals surface area contributed by atoms with Crippen LogP contribution in [0.3, 0.4) is 0 Å². The molecule has 1 N–H and O–H groups in total. The van der Waals surface area contributed by atoms with E-state index in [4.69, 9.17) is 11.6 Å². The van der Waals surface area contributed by atoms with Crippen molar-refractivity contribution in [3.8, 4) is 0 Å². The number of hydrogen-bond donors (Lipinski definition) is 1. The molecule has 1 amide bonds. The van der Waals surface area contributed by atoms with Gasteiger partial charge in [0.15, 0.2) is 0 Å². The minimum absolute atomic E-state index is 0.00987. The van der Waals surface area contributed by atoms with E-state index in [2.05, 4.69) is 19.2 Å². The maximum atomic E-state index is 13.2. The van der Waals surface area contributed by atoms with Gasteiger partial charge in [-0.25, -0.2) is 4.39 Å². The number of rotatable bonds is 5. The Kier molecular flexibility index (Phi) is 5.59. The van der Waals surface area contributed by atoms with E-state index in [-0.39, 0.29) is 10.9 Å². The van der Waals surface area contributed by atoms with Crippen molar-refractivity contribution in [2.75, 3.05) is 19.6 Å². The fourth-order valence-corrected chi connectivity index (χ4v) is 2.85. The number of nitrogens with one attached hydrogen (secondary N) is 1. The molecule has 3 nitrogen and oxygen atoms in total.